The number of ether oxygens (including phenoxy) is 1. The Kier molecular flexibility index (Phi) is 5.48. The number of rotatable bonds is 7. The molecule has 0 aliphatic carbocycles. The first-order valence-electron chi connectivity index (χ1n) is 8.25. The van der Waals surface area contributed by atoms with Gasteiger partial charge in [0.15, 0.2) is 5.76 Å². The standard InChI is InChI=1S/C18H22N2O4/c21-18(22)9-13-6-7-19-11-14(13)8-15-10-17(24-20-15)12-23-16-4-2-1-3-5-16/h1-5,10,13-14,19H,6-9,11-12H2,(H,21,22). The topological polar surface area (TPSA) is 84.6 Å². The molecule has 2 heterocycles. The van der Waals surface area contributed by atoms with Gasteiger partial charge in [-0.25, -0.2) is 0 Å². The molecule has 0 radical (unpaired) electrons. The molecule has 1 fully saturated rings. The van der Waals surface area contributed by atoms with E-state index in [4.69, 9.17) is 14.4 Å². The number of hydrogen-bond acceptors (Lipinski definition) is 5. The number of piperidine rings is 1. The van der Waals surface area contributed by atoms with Crippen LogP contribution in [-0.2, 0) is 17.8 Å². The van der Waals surface area contributed by atoms with Gasteiger partial charge < -0.3 is 19.7 Å². The Labute approximate surface area is 140 Å². The fraction of sp³-hybridized carbons (Fsp3) is 0.444. The van der Waals surface area contributed by atoms with E-state index in [-0.39, 0.29) is 18.3 Å². The molecule has 3 rings (SSSR count). The number of benzene rings is 1. The van der Waals surface area contributed by atoms with Crippen molar-refractivity contribution < 1.29 is 19.2 Å². The lowest BCUT2D eigenvalue weighted by Crippen LogP contribution is -2.38. The van der Waals surface area contributed by atoms with E-state index in [0.717, 1.165) is 37.4 Å². The van der Waals surface area contributed by atoms with Crippen LogP contribution in [-0.4, -0.2) is 29.3 Å². The molecule has 6 nitrogen and oxygen atoms in total. The van der Waals surface area contributed by atoms with E-state index < -0.39 is 5.97 Å². The number of aliphatic carboxylic acids is 1. The van der Waals surface area contributed by atoms with Gasteiger partial charge in [0.1, 0.15) is 12.4 Å². The summed E-state index contributed by atoms with van der Waals surface area (Å²) in [6.45, 7) is 2.03. The fourth-order valence-corrected chi connectivity index (χ4v) is 3.17. The van der Waals surface area contributed by atoms with E-state index in [9.17, 15) is 4.79 Å². The number of nitrogens with zero attached hydrogens (tertiary/aromatic N) is 1. The monoisotopic (exact) mass is 330 g/mol. The predicted octanol–water partition coefficient (Wildman–Crippen LogP) is 2.50. The van der Waals surface area contributed by atoms with Crippen molar-refractivity contribution in [2.24, 2.45) is 11.8 Å². The van der Waals surface area contributed by atoms with Crippen LogP contribution in [0, 0.1) is 11.8 Å². The summed E-state index contributed by atoms with van der Waals surface area (Å²) in [5.41, 5.74) is 0.853. The van der Waals surface area contributed by atoms with Crippen molar-refractivity contribution in [2.45, 2.75) is 25.9 Å². The first-order valence-corrected chi connectivity index (χ1v) is 8.25. The molecule has 0 amide bonds. The highest BCUT2D eigenvalue weighted by molar-refractivity contribution is 5.67. The van der Waals surface area contributed by atoms with Crippen LogP contribution in [0.1, 0.15) is 24.3 Å². The molecule has 2 atom stereocenters. The maximum absolute atomic E-state index is 11.0. The minimum atomic E-state index is -0.732. The number of carboxylic acids is 1. The third-order valence-corrected chi connectivity index (χ3v) is 4.41. The zero-order chi connectivity index (χ0) is 16.8. The third-order valence-electron chi connectivity index (χ3n) is 4.41. The lowest BCUT2D eigenvalue weighted by molar-refractivity contribution is -0.138. The van der Waals surface area contributed by atoms with Gasteiger partial charge in [0.25, 0.3) is 0 Å². The van der Waals surface area contributed by atoms with Crippen molar-refractivity contribution in [1.82, 2.24) is 10.5 Å². The Balaban J connectivity index is 1.55. The van der Waals surface area contributed by atoms with Crippen LogP contribution in [0.15, 0.2) is 40.9 Å². The second-order valence-electron chi connectivity index (χ2n) is 6.20. The van der Waals surface area contributed by atoms with Crippen molar-refractivity contribution in [3.63, 3.8) is 0 Å². The van der Waals surface area contributed by atoms with Crippen molar-refractivity contribution in [2.75, 3.05) is 13.1 Å². The molecule has 0 bridgehead atoms. The van der Waals surface area contributed by atoms with Crippen molar-refractivity contribution in [3.8, 4) is 5.75 Å². The lowest BCUT2D eigenvalue weighted by Gasteiger charge is -2.30. The Morgan fingerprint density at radius 1 is 1.33 bits per heavy atom. The van der Waals surface area contributed by atoms with Gasteiger partial charge in [-0.1, -0.05) is 23.4 Å². The average Bonchev–Trinajstić information content (AvgIpc) is 3.03. The molecular weight excluding hydrogens is 308 g/mol. The van der Waals surface area contributed by atoms with Gasteiger partial charge in [-0.15, -0.1) is 0 Å². The Morgan fingerprint density at radius 3 is 2.96 bits per heavy atom. The van der Waals surface area contributed by atoms with Crippen LogP contribution in [0.2, 0.25) is 0 Å². The number of aromatic nitrogens is 1. The molecule has 0 spiro atoms. The summed E-state index contributed by atoms with van der Waals surface area (Å²) in [6, 6.07) is 11.4. The number of carbonyl (C=O) groups is 1. The van der Waals surface area contributed by atoms with E-state index in [0.29, 0.717) is 12.4 Å². The Bertz CT molecular complexity index is 656. The molecule has 0 saturated carbocycles. The number of carboxylic acid groups (broad SMARTS) is 1. The maximum atomic E-state index is 11.0. The summed E-state index contributed by atoms with van der Waals surface area (Å²) in [4.78, 5) is 11.0. The minimum Gasteiger partial charge on any atom is -0.486 e. The van der Waals surface area contributed by atoms with Crippen LogP contribution >= 0.6 is 0 Å². The average molecular weight is 330 g/mol. The summed E-state index contributed by atoms with van der Waals surface area (Å²) >= 11 is 0. The van der Waals surface area contributed by atoms with E-state index in [1.165, 1.54) is 0 Å². The first-order chi connectivity index (χ1) is 11.7. The third kappa shape index (κ3) is 4.58. The normalized spacial score (nSPS) is 20.7. The molecular formula is C18H22N2O4. The molecule has 2 aromatic rings. The van der Waals surface area contributed by atoms with Crippen molar-refractivity contribution in [1.29, 1.82) is 0 Å². The van der Waals surface area contributed by atoms with Gasteiger partial charge in [-0.05, 0) is 49.9 Å². The summed E-state index contributed by atoms with van der Waals surface area (Å²) in [6.07, 6.45) is 1.83. The highest BCUT2D eigenvalue weighted by Crippen LogP contribution is 2.26. The number of hydrogen-bond donors (Lipinski definition) is 2. The Morgan fingerprint density at radius 2 is 2.17 bits per heavy atom. The molecule has 2 unspecified atom stereocenters. The van der Waals surface area contributed by atoms with Gasteiger partial charge in [-0.2, -0.15) is 0 Å². The largest absolute Gasteiger partial charge is 0.486 e. The minimum absolute atomic E-state index is 0.185. The maximum Gasteiger partial charge on any atom is 0.303 e. The smallest absolute Gasteiger partial charge is 0.303 e. The number of para-hydroxylation sites is 1. The summed E-state index contributed by atoms with van der Waals surface area (Å²) in [5.74, 6) is 1.18. The van der Waals surface area contributed by atoms with Crippen LogP contribution < -0.4 is 10.1 Å². The van der Waals surface area contributed by atoms with Gasteiger partial charge in [0, 0.05) is 12.5 Å². The molecule has 6 heteroatoms. The molecule has 1 aliphatic rings. The van der Waals surface area contributed by atoms with Gasteiger partial charge in [0.05, 0.1) is 5.69 Å². The SMILES string of the molecule is O=C(O)CC1CCNCC1Cc1cc(COc2ccccc2)on1. The van der Waals surface area contributed by atoms with Gasteiger partial charge in [0.2, 0.25) is 0 Å². The zero-order valence-corrected chi connectivity index (χ0v) is 13.5. The van der Waals surface area contributed by atoms with Crippen LogP contribution in [0.5, 0.6) is 5.75 Å². The second kappa shape index (κ2) is 7.97. The second-order valence-corrected chi connectivity index (χ2v) is 6.20. The van der Waals surface area contributed by atoms with E-state index in [1.54, 1.807) is 0 Å². The summed E-state index contributed by atoms with van der Waals surface area (Å²) < 4.78 is 11.0. The molecule has 24 heavy (non-hydrogen) atoms. The molecule has 2 N–H and O–H groups in total. The number of nitrogens with one attached hydrogen (secondary N) is 1. The summed E-state index contributed by atoms with van der Waals surface area (Å²) in [7, 11) is 0. The predicted molar refractivity (Wildman–Crippen MR) is 87.7 cm³/mol. The van der Waals surface area contributed by atoms with Crippen LogP contribution in [0.25, 0.3) is 0 Å². The highest BCUT2D eigenvalue weighted by atomic mass is 16.5. The highest BCUT2D eigenvalue weighted by Gasteiger charge is 2.28. The Hall–Kier alpha value is -2.34. The molecule has 1 aromatic heterocycles. The lowest BCUT2D eigenvalue weighted by atomic mass is 9.81. The quantitative estimate of drug-likeness (QED) is 0.811. The van der Waals surface area contributed by atoms with Crippen LogP contribution in [0.4, 0.5) is 0 Å². The van der Waals surface area contributed by atoms with Crippen molar-refractivity contribution in [3.05, 3.63) is 47.9 Å². The van der Waals surface area contributed by atoms with Crippen molar-refractivity contribution >= 4 is 5.97 Å². The summed E-state index contributed by atoms with van der Waals surface area (Å²) in [5, 5.41) is 16.5. The molecule has 1 aromatic carbocycles. The fourth-order valence-electron chi connectivity index (χ4n) is 3.17. The molecule has 128 valence electrons. The molecule has 1 saturated heterocycles. The van der Waals surface area contributed by atoms with Gasteiger partial charge in [-0.3, -0.25) is 4.79 Å². The van der Waals surface area contributed by atoms with E-state index in [2.05, 4.69) is 10.5 Å². The van der Waals surface area contributed by atoms with Crippen LogP contribution in [0.3, 0.4) is 0 Å². The van der Waals surface area contributed by atoms with E-state index >= 15 is 0 Å². The van der Waals surface area contributed by atoms with Gasteiger partial charge >= 0.3 is 5.97 Å². The zero-order valence-electron chi connectivity index (χ0n) is 13.5. The molecule has 1 aliphatic heterocycles. The first kappa shape index (κ1) is 16.5. The van der Waals surface area contributed by atoms with E-state index in [1.807, 2.05) is 36.4 Å².